The highest BCUT2D eigenvalue weighted by atomic mass is 16.6. The normalized spacial score (nSPS) is 25.9. The average molecular weight is 160 g/mol. The van der Waals surface area contributed by atoms with E-state index in [0.29, 0.717) is 19.8 Å². The molecule has 0 amide bonds. The molecule has 0 aromatic carbocycles. The number of hydrogen-bond donors (Lipinski definition) is 0. The second-order valence-electron chi connectivity index (χ2n) is 2.95. The van der Waals surface area contributed by atoms with Gasteiger partial charge >= 0.3 is 0 Å². The second-order valence-corrected chi connectivity index (χ2v) is 2.95. The fourth-order valence-corrected chi connectivity index (χ4v) is 0.933. The Labute approximate surface area is 67.6 Å². The minimum absolute atomic E-state index is 0.145. The maximum atomic E-state index is 5.38. The van der Waals surface area contributed by atoms with Gasteiger partial charge in [-0.25, -0.2) is 0 Å². The zero-order valence-electron chi connectivity index (χ0n) is 7.21. The summed E-state index contributed by atoms with van der Waals surface area (Å²) in [6.45, 7) is 6.78. The van der Waals surface area contributed by atoms with Crippen LogP contribution >= 0.6 is 0 Å². The summed E-state index contributed by atoms with van der Waals surface area (Å²) in [6.07, 6.45) is 0.423. The largest absolute Gasteiger partial charge is 0.376 e. The molecule has 0 N–H and O–H groups in total. The van der Waals surface area contributed by atoms with E-state index < -0.39 is 0 Å². The summed E-state index contributed by atoms with van der Waals surface area (Å²) in [6, 6.07) is 0. The SMILES string of the molecule is CC(C)OC[C@H]1COCCO1. The maximum Gasteiger partial charge on any atom is 0.104 e. The van der Waals surface area contributed by atoms with Crippen molar-refractivity contribution in [3.63, 3.8) is 0 Å². The lowest BCUT2D eigenvalue weighted by molar-refractivity contribution is -0.121. The van der Waals surface area contributed by atoms with Crippen molar-refractivity contribution in [3.8, 4) is 0 Å². The van der Waals surface area contributed by atoms with Crippen LogP contribution in [0.5, 0.6) is 0 Å². The molecule has 0 spiro atoms. The van der Waals surface area contributed by atoms with Gasteiger partial charge in [-0.2, -0.15) is 0 Å². The fraction of sp³-hybridized carbons (Fsp3) is 1.00. The summed E-state index contributed by atoms with van der Waals surface area (Å²) in [5.41, 5.74) is 0. The van der Waals surface area contributed by atoms with Crippen molar-refractivity contribution >= 4 is 0 Å². The van der Waals surface area contributed by atoms with E-state index in [2.05, 4.69) is 0 Å². The Kier molecular flexibility index (Phi) is 3.83. The van der Waals surface area contributed by atoms with Gasteiger partial charge in [-0.05, 0) is 13.8 Å². The summed E-state index contributed by atoms with van der Waals surface area (Å²) >= 11 is 0. The predicted octanol–water partition coefficient (Wildman–Crippen LogP) is 0.827. The smallest absolute Gasteiger partial charge is 0.104 e. The maximum absolute atomic E-state index is 5.38. The van der Waals surface area contributed by atoms with Gasteiger partial charge in [0, 0.05) is 0 Å². The van der Waals surface area contributed by atoms with E-state index in [0.717, 1.165) is 6.61 Å². The topological polar surface area (TPSA) is 27.7 Å². The van der Waals surface area contributed by atoms with Gasteiger partial charge in [0.05, 0.1) is 32.5 Å². The first kappa shape index (κ1) is 8.97. The number of hydrogen-bond acceptors (Lipinski definition) is 3. The Balaban J connectivity index is 2.05. The van der Waals surface area contributed by atoms with Crippen molar-refractivity contribution in [2.45, 2.75) is 26.1 Å². The van der Waals surface area contributed by atoms with Crippen LogP contribution < -0.4 is 0 Å². The Morgan fingerprint density at radius 2 is 2.27 bits per heavy atom. The van der Waals surface area contributed by atoms with E-state index in [9.17, 15) is 0 Å². The zero-order chi connectivity index (χ0) is 8.10. The molecule has 11 heavy (non-hydrogen) atoms. The van der Waals surface area contributed by atoms with E-state index in [1.54, 1.807) is 0 Å². The molecule has 1 aliphatic heterocycles. The summed E-state index contributed by atoms with van der Waals surface area (Å²) in [4.78, 5) is 0. The van der Waals surface area contributed by atoms with Gasteiger partial charge in [-0.3, -0.25) is 0 Å². The van der Waals surface area contributed by atoms with E-state index >= 15 is 0 Å². The predicted molar refractivity (Wildman–Crippen MR) is 41.6 cm³/mol. The van der Waals surface area contributed by atoms with Crippen molar-refractivity contribution in [2.24, 2.45) is 0 Å². The van der Waals surface area contributed by atoms with Crippen LogP contribution in [0.4, 0.5) is 0 Å². The lowest BCUT2D eigenvalue weighted by Gasteiger charge is -2.23. The average Bonchev–Trinajstić information content (AvgIpc) is 2.03. The third kappa shape index (κ3) is 3.70. The van der Waals surface area contributed by atoms with E-state index in [4.69, 9.17) is 14.2 Å². The molecule has 0 aromatic heterocycles. The summed E-state index contributed by atoms with van der Waals surface area (Å²) in [7, 11) is 0. The van der Waals surface area contributed by atoms with Crippen molar-refractivity contribution in [1.29, 1.82) is 0 Å². The van der Waals surface area contributed by atoms with E-state index in [-0.39, 0.29) is 12.2 Å². The third-order valence-electron chi connectivity index (χ3n) is 1.50. The third-order valence-corrected chi connectivity index (χ3v) is 1.50. The summed E-state index contributed by atoms with van der Waals surface area (Å²) < 4.78 is 16.0. The Bertz CT molecular complexity index is 97.5. The van der Waals surface area contributed by atoms with Gasteiger partial charge in [0.15, 0.2) is 0 Å². The molecule has 0 aromatic rings. The molecule has 0 aliphatic carbocycles. The van der Waals surface area contributed by atoms with E-state index in [1.165, 1.54) is 0 Å². The van der Waals surface area contributed by atoms with Crippen LogP contribution in [0.25, 0.3) is 0 Å². The monoisotopic (exact) mass is 160 g/mol. The van der Waals surface area contributed by atoms with Crippen LogP contribution in [0.1, 0.15) is 13.8 Å². The number of rotatable bonds is 3. The highest BCUT2D eigenvalue weighted by Gasteiger charge is 2.14. The molecule has 0 unspecified atom stereocenters. The van der Waals surface area contributed by atoms with Gasteiger partial charge < -0.3 is 14.2 Å². The van der Waals surface area contributed by atoms with Crippen molar-refractivity contribution in [3.05, 3.63) is 0 Å². The molecule has 66 valence electrons. The van der Waals surface area contributed by atoms with Crippen molar-refractivity contribution < 1.29 is 14.2 Å². The van der Waals surface area contributed by atoms with Crippen molar-refractivity contribution in [1.82, 2.24) is 0 Å². The Morgan fingerprint density at radius 3 is 2.82 bits per heavy atom. The van der Waals surface area contributed by atoms with Crippen LogP contribution in [0, 0.1) is 0 Å². The molecule has 1 rings (SSSR count). The molecule has 1 heterocycles. The lowest BCUT2D eigenvalue weighted by Crippen LogP contribution is -2.33. The quantitative estimate of drug-likeness (QED) is 0.612. The highest BCUT2D eigenvalue weighted by molar-refractivity contribution is 4.59. The molecular formula is C8H16O3. The van der Waals surface area contributed by atoms with Crippen LogP contribution in [0.2, 0.25) is 0 Å². The van der Waals surface area contributed by atoms with E-state index in [1.807, 2.05) is 13.8 Å². The summed E-state index contributed by atoms with van der Waals surface area (Å²) in [5, 5.41) is 0. The minimum Gasteiger partial charge on any atom is -0.376 e. The Morgan fingerprint density at radius 1 is 1.45 bits per heavy atom. The molecule has 3 heteroatoms. The first-order valence-electron chi connectivity index (χ1n) is 4.10. The van der Waals surface area contributed by atoms with Gasteiger partial charge in [-0.15, -0.1) is 0 Å². The Hall–Kier alpha value is -0.120. The molecular weight excluding hydrogens is 144 g/mol. The standard InChI is InChI=1S/C8H16O3/c1-7(2)11-6-8-5-9-3-4-10-8/h7-8H,3-6H2,1-2H3/t8-/m1/s1. The minimum atomic E-state index is 0.145. The molecule has 0 saturated carbocycles. The molecule has 1 atom stereocenters. The van der Waals surface area contributed by atoms with Gasteiger partial charge in [0.1, 0.15) is 6.10 Å². The molecule has 3 nitrogen and oxygen atoms in total. The lowest BCUT2D eigenvalue weighted by atomic mass is 10.3. The molecule has 1 aliphatic rings. The fourth-order valence-electron chi connectivity index (χ4n) is 0.933. The number of ether oxygens (including phenoxy) is 3. The van der Waals surface area contributed by atoms with Crippen molar-refractivity contribution in [2.75, 3.05) is 26.4 Å². The molecule has 0 radical (unpaired) electrons. The molecule has 1 fully saturated rings. The molecule has 0 bridgehead atoms. The first-order valence-corrected chi connectivity index (χ1v) is 4.10. The summed E-state index contributed by atoms with van der Waals surface area (Å²) in [5.74, 6) is 0. The van der Waals surface area contributed by atoms with Crippen LogP contribution in [-0.4, -0.2) is 38.6 Å². The van der Waals surface area contributed by atoms with Gasteiger partial charge in [-0.1, -0.05) is 0 Å². The second kappa shape index (κ2) is 4.70. The van der Waals surface area contributed by atoms with Crippen LogP contribution in [-0.2, 0) is 14.2 Å². The highest BCUT2D eigenvalue weighted by Crippen LogP contribution is 2.02. The van der Waals surface area contributed by atoms with Crippen LogP contribution in [0.15, 0.2) is 0 Å². The zero-order valence-corrected chi connectivity index (χ0v) is 7.21. The van der Waals surface area contributed by atoms with Crippen LogP contribution in [0.3, 0.4) is 0 Å². The molecule has 1 saturated heterocycles. The van der Waals surface area contributed by atoms with Gasteiger partial charge in [0.25, 0.3) is 0 Å². The first-order chi connectivity index (χ1) is 5.29. The van der Waals surface area contributed by atoms with Gasteiger partial charge in [0.2, 0.25) is 0 Å².